The van der Waals surface area contributed by atoms with E-state index in [0.29, 0.717) is 23.7 Å². The van der Waals surface area contributed by atoms with Gasteiger partial charge in [-0.05, 0) is 25.8 Å². The Labute approximate surface area is 116 Å². The highest BCUT2D eigenvalue weighted by Crippen LogP contribution is 2.25. The summed E-state index contributed by atoms with van der Waals surface area (Å²) in [5.74, 6) is 0.0394. The summed E-state index contributed by atoms with van der Waals surface area (Å²) < 4.78 is 0. The molecular formula is C13H19N3O2S. The summed E-state index contributed by atoms with van der Waals surface area (Å²) in [7, 11) is 0. The number of likely N-dealkylation sites (tertiary alicyclic amines) is 1. The molecule has 1 saturated heterocycles. The maximum atomic E-state index is 12.3. The van der Waals surface area contributed by atoms with Crippen LogP contribution in [0.2, 0.25) is 0 Å². The van der Waals surface area contributed by atoms with Gasteiger partial charge in [-0.3, -0.25) is 9.59 Å². The number of thiophene rings is 1. The Morgan fingerprint density at radius 1 is 1.42 bits per heavy atom. The minimum atomic E-state index is -0.00793. The standard InChI is InChI=1S/C13H19N3O2S/c1-8-11(14)7-12(19-8)13(18)16-5-3-10(4-6-16)15-9(2)17/h7,10H,3-6,14H2,1-2H3,(H,15,17). The van der Waals surface area contributed by atoms with E-state index in [4.69, 9.17) is 5.73 Å². The molecule has 2 heterocycles. The largest absolute Gasteiger partial charge is 0.398 e. The van der Waals surface area contributed by atoms with E-state index in [-0.39, 0.29) is 17.9 Å². The van der Waals surface area contributed by atoms with Crippen LogP contribution in [0, 0.1) is 6.92 Å². The fourth-order valence-corrected chi connectivity index (χ4v) is 3.18. The van der Waals surface area contributed by atoms with Crippen molar-refractivity contribution in [3.8, 4) is 0 Å². The maximum absolute atomic E-state index is 12.3. The highest BCUT2D eigenvalue weighted by Gasteiger charge is 2.25. The molecule has 19 heavy (non-hydrogen) atoms. The predicted molar refractivity (Wildman–Crippen MR) is 76.2 cm³/mol. The van der Waals surface area contributed by atoms with E-state index in [0.717, 1.165) is 17.7 Å². The van der Waals surface area contributed by atoms with Gasteiger partial charge >= 0.3 is 0 Å². The topological polar surface area (TPSA) is 75.4 Å². The van der Waals surface area contributed by atoms with Crippen molar-refractivity contribution in [3.05, 3.63) is 15.8 Å². The van der Waals surface area contributed by atoms with Gasteiger partial charge in [0.05, 0.1) is 4.88 Å². The second-order valence-electron chi connectivity index (χ2n) is 4.89. The number of aryl methyl sites for hydroxylation is 1. The summed E-state index contributed by atoms with van der Waals surface area (Å²) in [6.07, 6.45) is 1.62. The highest BCUT2D eigenvalue weighted by atomic mass is 32.1. The zero-order valence-electron chi connectivity index (χ0n) is 11.2. The Morgan fingerprint density at radius 2 is 2.05 bits per heavy atom. The number of nitrogens with two attached hydrogens (primary N) is 1. The van der Waals surface area contributed by atoms with Crippen LogP contribution in [0.5, 0.6) is 0 Å². The zero-order valence-corrected chi connectivity index (χ0v) is 12.0. The number of rotatable bonds is 2. The number of amides is 2. The van der Waals surface area contributed by atoms with Crippen LogP contribution in [-0.2, 0) is 4.79 Å². The Balaban J connectivity index is 1.94. The van der Waals surface area contributed by atoms with E-state index in [1.165, 1.54) is 18.3 Å². The van der Waals surface area contributed by atoms with Crippen molar-refractivity contribution >= 4 is 28.8 Å². The number of hydrogen-bond donors (Lipinski definition) is 2. The van der Waals surface area contributed by atoms with Crippen molar-refractivity contribution in [1.82, 2.24) is 10.2 Å². The number of nitrogen functional groups attached to an aromatic ring is 1. The first-order valence-corrected chi connectivity index (χ1v) is 7.21. The van der Waals surface area contributed by atoms with Gasteiger partial charge in [0.1, 0.15) is 0 Å². The van der Waals surface area contributed by atoms with Crippen LogP contribution in [0.15, 0.2) is 6.07 Å². The first-order valence-electron chi connectivity index (χ1n) is 6.39. The summed E-state index contributed by atoms with van der Waals surface area (Å²) in [6.45, 7) is 4.80. The average Bonchev–Trinajstić information content (AvgIpc) is 2.69. The molecular weight excluding hydrogens is 262 g/mol. The van der Waals surface area contributed by atoms with E-state index in [2.05, 4.69) is 5.32 Å². The van der Waals surface area contributed by atoms with Gasteiger partial charge in [0.25, 0.3) is 5.91 Å². The molecule has 1 fully saturated rings. The summed E-state index contributed by atoms with van der Waals surface area (Å²) in [4.78, 5) is 26.8. The molecule has 0 bridgehead atoms. The molecule has 0 radical (unpaired) electrons. The number of nitrogens with one attached hydrogen (secondary N) is 1. The van der Waals surface area contributed by atoms with Crippen molar-refractivity contribution in [2.45, 2.75) is 32.7 Å². The molecule has 0 spiro atoms. The van der Waals surface area contributed by atoms with E-state index >= 15 is 0 Å². The minimum absolute atomic E-state index is 0.00793. The molecule has 0 saturated carbocycles. The van der Waals surface area contributed by atoms with E-state index < -0.39 is 0 Å². The Morgan fingerprint density at radius 3 is 2.53 bits per heavy atom. The minimum Gasteiger partial charge on any atom is -0.398 e. The number of anilines is 1. The molecule has 2 amide bonds. The monoisotopic (exact) mass is 281 g/mol. The van der Waals surface area contributed by atoms with E-state index in [9.17, 15) is 9.59 Å². The number of hydrogen-bond acceptors (Lipinski definition) is 4. The smallest absolute Gasteiger partial charge is 0.264 e. The lowest BCUT2D eigenvalue weighted by molar-refractivity contribution is -0.119. The summed E-state index contributed by atoms with van der Waals surface area (Å²) >= 11 is 1.44. The number of carbonyl (C=O) groups excluding carboxylic acids is 2. The summed E-state index contributed by atoms with van der Waals surface area (Å²) in [5, 5.41) is 2.90. The number of carbonyl (C=O) groups is 2. The van der Waals surface area contributed by atoms with Gasteiger partial charge in [-0.25, -0.2) is 0 Å². The quantitative estimate of drug-likeness (QED) is 0.860. The molecule has 5 nitrogen and oxygen atoms in total. The van der Waals surface area contributed by atoms with Crippen LogP contribution in [-0.4, -0.2) is 35.8 Å². The van der Waals surface area contributed by atoms with Gasteiger partial charge in [0, 0.05) is 36.6 Å². The third kappa shape index (κ3) is 3.26. The fourth-order valence-electron chi connectivity index (χ4n) is 2.27. The van der Waals surface area contributed by atoms with Crippen LogP contribution < -0.4 is 11.1 Å². The van der Waals surface area contributed by atoms with Crippen LogP contribution in [0.1, 0.15) is 34.3 Å². The molecule has 3 N–H and O–H groups in total. The second kappa shape index (κ2) is 5.61. The third-order valence-electron chi connectivity index (χ3n) is 3.36. The first kappa shape index (κ1) is 13.9. The normalized spacial score (nSPS) is 16.4. The number of nitrogens with zero attached hydrogens (tertiary/aromatic N) is 1. The molecule has 1 aromatic heterocycles. The Kier molecular flexibility index (Phi) is 4.09. The van der Waals surface area contributed by atoms with Crippen molar-refractivity contribution in [2.24, 2.45) is 0 Å². The van der Waals surface area contributed by atoms with Crippen molar-refractivity contribution in [2.75, 3.05) is 18.8 Å². The molecule has 0 aromatic carbocycles. The Bertz CT molecular complexity index is 471. The third-order valence-corrected chi connectivity index (χ3v) is 4.41. The number of piperidine rings is 1. The van der Waals surface area contributed by atoms with Crippen LogP contribution in [0.3, 0.4) is 0 Å². The van der Waals surface area contributed by atoms with Crippen LogP contribution >= 0.6 is 11.3 Å². The average molecular weight is 281 g/mol. The fraction of sp³-hybridized carbons (Fsp3) is 0.538. The lowest BCUT2D eigenvalue weighted by atomic mass is 10.0. The molecule has 2 rings (SSSR count). The SMILES string of the molecule is CC(=O)NC1CCN(C(=O)c2cc(N)c(C)s2)CC1. The molecule has 1 aliphatic heterocycles. The van der Waals surface area contributed by atoms with Crippen molar-refractivity contribution in [1.29, 1.82) is 0 Å². The van der Waals surface area contributed by atoms with Gasteiger partial charge < -0.3 is 16.0 Å². The van der Waals surface area contributed by atoms with Crippen LogP contribution in [0.4, 0.5) is 5.69 Å². The van der Waals surface area contributed by atoms with Crippen LogP contribution in [0.25, 0.3) is 0 Å². The van der Waals surface area contributed by atoms with Gasteiger partial charge in [-0.2, -0.15) is 0 Å². The Hall–Kier alpha value is -1.56. The summed E-state index contributed by atoms with van der Waals surface area (Å²) in [5.41, 5.74) is 6.46. The molecule has 1 aromatic rings. The van der Waals surface area contributed by atoms with E-state index in [1.54, 1.807) is 6.07 Å². The highest BCUT2D eigenvalue weighted by molar-refractivity contribution is 7.14. The lowest BCUT2D eigenvalue weighted by Crippen LogP contribution is -2.45. The molecule has 0 aliphatic carbocycles. The van der Waals surface area contributed by atoms with Gasteiger partial charge in [-0.1, -0.05) is 0 Å². The zero-order chi connectivity index (χ0) is 14.0. The molecule has 6 heteroatoms. The molecule has 0 unspecified atom stereocenters. The van der Waals surface area contributed by atoms with Gasteiger partial charge in [0.2, 0.25) is 5.91 Å². The molecule has 0 atom stereocenters. The lowest BCUT2D eigenvalue weighted by Gasteiger charge is -2.31. The van der Waals surface area contributed by atoms with Gasteiger partial charge in [-0.15, -0.1) is 11.3 Å². The van der Waals surface area contributed by atoms with Crippen molar-refractivity contribution < 1.29 is 9.59 Å². The van der Waals surface area contributed by atoms with E-state index in [1.807, 2.05) is 11.8 Å². The summed E-state index contributed by atoms with van der Waals surface area (Å²) in [6, 6.07) is 1.94. The molecule has 1 aliphatic rings. The molecule has 104 valence electrons. The predicted octanol–water partition coefficient (Wildman–Crippen LogP) is 1.38. The van der Waals surface area contributed by atoms with Crippen molar-refractivity contribution in [3.63, 3.8) is 0 Å². The maximum Gasteiger partial charge on any atom is 0.264 e. The second-order valence-corrected chi connectivity index (χ2v) is 6.15. The first-order chi connectivity index (χ1) is 8.97. The van der Waals surface area contributed by atoms with Gasteiger partial charge in [0.15, 0.2) is 0 Å².